The Labute approximate surface area is 106 Å². The molecule has 0 radical (unpaired) electrons. The maximum absolute atomic E-state index is 10.6. The van der Waals surface area contributed by atoms with E-state index in [2.05, 4.69) is 29.0 Å². The molecule has 0 aliphatic carbocycles. The Morgan fingerprint density at radius 2 is 2.50 bits per heavy atom. The van der Waals surface area contributed by atoms with Crippen LogP contribution < -0.4 is 5.32 Å². The number of rotatable bonds is 5. The van der Waals surface area contributed by atoms with Crippen LogP contribution in [0.15, 0.2) is 10.7 Å². The highest BCUT2D eigenvalue weighted by Crippen LogP contribution is 2.19. The number of carboxylic acids is 1. The van der Waals surface area contributed by atoms with Crippen molar-refractivity contribution in [2.45, 2.75) is 26.3 Å². The summed E-state index contributed by atoms with van der Waals surface area (Å²) in [5, 5.41) is 11.8. The van der Waals surface area contributed by atoms with Crippen molar-refractivity contribution in [2.75, 3.05) is 25.0 Å². The predicted octanol–water partition coefficient (Wildman–Crippen LogP) is 1.51. The lowest BCUT2D eigenvalue weighted by Gasteiger charge is -2.20. The van der Waals surface area contributed by atoms with Gasteiger partial charge in [-0.05, 0) is 32.7 Å². The first kappa shape index (κ1) is 12.9. The molecule has 100 valence electrons. The molecular weight excluding hydrogens is 234 g/mol. The quantitative estimate of drug-likeness (QED) is 0.828. The second-order valence-electron chi connectivity index (χ2n) is 4.97. The molecule has 0 spiro atoms. The number of aromatic carboxylic acids is 1. The molecular formula is C12H19N3O3. The van der Waals surface area contributed by atoms with Gasteiger partial charge < -0.3 is 19.7 Å². The van der Waals surface area contributed by atoms with Crippen molar-refractivity contribution in [3.8, 4) is 0 Å². The summed E-state index contributed by atoms with van der Waals surface area (Å²) < 4.78 is 5.04. The molecule has 0 bridgehead atoms. The number of carbonyl (C=O) groups is 1. The second kappa shape index (κ2) is 5.39. The van der Waals surface area contributed by atoms with E-state index in [0.29, 0.717) is 12.0 Å². The zero-order valence-corrected chi connectivity index (χ0v) is 10.7. The average molecular weight is 253 g/mol. The number of hydrogen-bond acceptors (Lipinski definition) is 5. The van der Waals surface area contributed by atoms with E-state index in [1.807, 2.05) is 0 Å². The molecule has 2 rings (SSSR count). The van der Waals surface area contributed by atoms with Crippen molar-refractivity contribution in [3.05, 3.63) is 12.0 Å². The molecule has 1 saturated heterocycles. The third kappa shape index (κ3) is 3.01. The molecule has 2 N–H and O–H groups in total. The number of carboxylic acid groups (broad SMARTS) is 1. The number of anilines is 1. The van der Waals surface area contributed by atoms with E-state index in [1.54, 1.807) is 0 Å². The summed E-state index contributed by atoms with van der Waals surface area (Å²) in [5.41, 5.74) is -0.0623. The van der Waals surface area contributed by atoms with Gasteiger partial charge in [0.2, 0.25) is 0 Å². The Balaban J connectivity index is 1.80. The fourth-order valence-electron chi connectivity index (χ4n) is 2.18. The van der Waals surface area contributed by atoms with Gasteiger partial charge in [0.1, 0.15) is 6.26 Å². The van der Waals surface area contributed by atoms with Gasteiger partial charge in [-0.25, -0.2) is 4.79 Å². The van der Waals surface area contributed by atoms with Crippen LogP contribution in [0.4, 0.5) is 6.01 Å². The van der Waals surface area contributed by atoms with Crippen molar-refractivity contribution < 1.29 is 14.3 Å². The van der Waals surface area contributed by atoms with Crippen LogP contribution in [0.5, 0.6) is 0 Å². The van der Waals surface area contributed by atoms with E-state index in [1.165, 1.54) is 0 Å². The van der Waals surface area contributed by atoms with Crippen LogP contribution in [0.1, 0.15) is 30.8 Å². The molecule has 1 unspecified atom stereocenters. The molecule has 0 saturated carbocycles. The van der Waals surface area contributed by atoms with Crippen LogP contribution >= 0.6 is 0 Å². The van der Waals surface area contributed by atoms with Gasteiger partial charge in [-0.3, -0.25) is 0 Å². The summed E-state index contributed by atoms with van der Waals surface area (Å²) in [6.45, 7) is 7.35. The molecule has 1 atom stereocenters. The Morgan fingerprint density at radius 1 is 1.72 bits per heavy atom. The molecule has 1 aliphatic rings. The van der Waals surface area contributed by atoms with Crippen molar-refractivity contribution in [3.63, 3.8) is 0 Å². The monoisotopic (exact) mass is 253 g/mol. The maximum Gasteiger partial charge on any atom is 0.357 e. The zero-order chi connectivity index (χ0) is 13.1. The molecule has 1 aromatic rings. The lowest BCUT2D eigenvalue weighted by atomic mass is 10.1. The van der Waals surface area contributed by atoms with Gasteiger partial charge in [0.05, 0.1) is 0 Å². The van der Waals surface area contributed by atoms with E-state index in [9.17, 15) is 4.79 Å². The van der Waals surface area contributed by atoms with Crippen molar-refractivity contribution in [1.29, 1.82) is 0 Å². The molecule has 18 heavy (non-hydrogen) atoms. The van der Waals surface area contributed by atoms with Gasteiger partial charge in [-0.1, -0.05) is 0 Å². The van der Waals surface area contributed by atoms with Crippen LogP contribution in [0.25, 0.3) is 0 Å². The Bertz CT molecular complexity index is 416. The average Bonchev–Trinajstić information content (AvgIpc) is 2.95. The molecule has 6 nitrogen and oxygen atoms in total. The number of likely N-dealkylation sites (tertiary alicyclic amines) is 1. The lowest BCUT2D eigenvalue weighted by Crippen LogP contribution is -2.29. The Kier molecular flexibility index (Phi) is 3.86. The largest absolute Gasteiger partial charge is 0.476 e. The Hall–Kier alpha value is -1.56. The first-order chi connectivity index (χ1) is 8.56. The predicted molar refractivity (Wildman–Crippen MR) is 66.8 cm³/mol. The smallest absolute Gasteiger partial charge is 0.357 e. The van der Waals surface area contributed by atoms with Crippen molar-refractivity contribution in [1.82, 2.24) is 9.88 Å². The highest BCUT2D eigenvalue weighted by molar-refractivity contribution is 5.85. The van der Waals surface area contributed by atoms with Gasteiger partial charge in [-0.2, -0.15) is 4.98 Å². The highest BCUT2D eigenvalue weighted by atomic mass is 16.4. The third-order valence-electron chi connectivity index (χ3n) is 3.31. The number of hydrogen-bond donors (Lipinski definition) is 2. The summed E-state index contributed by atoms with van der Waals surface area (Å²) in [5.74, 6) is -0.508. The van der Waals surface area contributed by atoms with Crippen LogP contribution in [-0.4, -0.2) is 46.6 Å². The number of nitrogens with zero attached hydrogens (tertiary/aromatic N) is 2. The molecule has 1 aliphatic heterocycles. The maximum atomic E-state index is 10.6. The topological polar surface area (TPSA) is 78.6 Å². The van der Waals surface area contributed by atoms with Crippen molar-refractivity contribution >= 4 is 12.0 Å². The fraction of sp³-hybridized carbons (Fsp3) is 0.667. The number of oxazole rings is 1. The normalized spacial score (nSPS) is 20.5. The van der Waals surface area contributed by atoms with E-state index < -0.39 is 5.97 Å². The summed E-state index contributed by atoms with van der Waals surface area (Å²) in [4.78, 5) is 16.9. The lowest BCUT2D eigenvalue weighted by molar-refractivity contribution is 0.0690. The summed E-state index contributed by atoms with van der Waals surface area (Å²) >= 11 is 0. The molecule has 2 heterocycles. The van der Waals surface area contributed by atoms with Crippen LogP contribution in [-0.2, 0) is 0 Å². The second-order valence-corrected chi connectivity index (χ2v) is 4.97. The Morgan fingerprint density at radius 3 is 3.06 bits per heavy atom. The minimum absolute atomic E-state index is 0.0623. The molecule has 1 aromatic heterocycles. The summed E-state index contributed by atoms with van der Waals surface area (Å²) in [7, 11) is 0. The zero-order valence-electron chi connectivity index (χ0n) is 10.7. The number of aromatic nitrogens is 1. The van der Waals surface area contributed by atoms with Gasteiger partial charge in [0.15, 0.2) is 5.69 Å². The van der Waals surface area contributed by atoms with E-state index in [4.69, 9.17) is 9.52 Å². The van der Waals surface area contributed by atoms with Crippen LogP contribution in [0.2, 0.25) is 0 Å². The number of nitrogens with one attached hydrogen (secondary N) is 1. The van der Waals surface area contributed by atoms with E-state index in [-0.39, 0.29) is 11.7 Å². The molecule has 0 amide bonds. The van der Waals surface area contributed by atoms with Crippen LogP contribution in [0, 0.1) is 5.92 Å². The highest BCUT2D eigenvalue weighted by Gasteiger charge is 2.24. The first-order valence-electron chi connectivity index (χ1n) is 6.23. The molecule has 0 aromatic carbocycles. The first-order valence-corrected chi connectivity index (χ1v) is 6.23. The summed E-state index contributed by atoms with van der Waals surface area (Å²) in [6.07, 6.45) is 2.30. The SMILES string of the molecule is CC(C)N1CCC(CNc2nc(C(=O)O)co2)C1. The third-order valence-corrected chi connectivity index (χ3v) is 3.31. The van der Waals surface area contributed by atoms with Gasteiger partial charge in [0.25, 0.3) is 6.01 Å². The van der Waals surface area contributed by atoms with Crippen LogP contribution in [0.3, 0.4) is 0 Å². The van der Waals surface area contributed by atoms with Gasteiger partial charge >= 0.3 is 5.97 Å². The van der Waals surface area contributed by atoms with Gasteiger partial charge in [-0.15, -0.1) is 0 Å². The summed E-state index contributed by atoms with van der Waals surface area (Å²) in [6, 6.07) is 0.866. The van der Waals surface area contributed by atoms with Crippen molar-refractivity contribution in [2.24, 2.45) is 5.92 Å². The molecule has 6 heteroatoms. The minimum Gasteiger partial charge on any atom is -0.476 e. The van der Waals surface area contributed by atoms with Gasteiger partial charge in [0, 0.05) is 19.1 Å². The standard InChI is InChI=1S/C12H19N3O3/c1-8(2)15-4-3-9(6-15)5-13-12-14-10(7-18-12)11(16)17/h7-9H,3-6H2,1-2H3,(H,13,14)(H,16,17). The fourth-order valence-corrected chi connectivity index (χ4v) is 2.18. The minimum atomic E-state index is -1.07. The van der Waals surface area contributed by atoms with E-state index in [0.717, 1.165) is 32.3 Å². The van der Waals surface area contributed by atoms with E-state index >= 15 is 0 Å². The molecule has 1 fully saturated rings.